The third kappa shape index (κ3) is 2.92. The highest BCUT2D eigenvalue weighted by Gasteiger charge is 2.37. The maximum atomic E-state index is 10.6. The number of hydrogen-bond acceptors (Lipinski definition) is 4. The fourth-order valence-electron chi connectivity index (χ4n) is 4.22. The normalized spacial score (nSPS) is 20.4. The molecule has 1 aromatic carbocycles. The van der Waals surface area contributed by atoms with Gasteiger partial charge in [0.15, 0.2) is 0 Å². The van der Waals surface area contributed by atoms with Crippen LogP contribution in [0, 0.1) is 5.41 Å². The zero-order valence-electron chi connectivity index (χ0n) is 15.5. The average molecular weight is 340 g/mol. The van der Waals surface area contributed by atoms with Crippen LogP contribution in [0.2, 0.25) is 0 Å². The number of amidine groups is 1. The lowest BCUT2D eigenvalue weighted by Gasteiger charge is -2.39. The fourth-order valence-corrected chi connectivity index (χ4v) is 4.22. The third-order valence-corrected chi connectivity index (χ3v) is 5.38. The van der Waals surface area contributed by atoms with E-state index in [1.807, 2.05) is 6.07 Å². The van der Waals surface area contributed by atoms with Gasteiger partial charge in [-0.25, -0.2) is 0 Å². The van der Waals surface area contributed by atoms with E-state index in [1.165, 1.54) is 6.42 Å². The van der Waals surface area contributed by atoms with Gasteiger partial charge in [0.25, 0.3) is 0 Å². The second-order valence-electron chi connectivity index (χ2n) is 7.56. The minimum absolute atomic E-state index is 0.231. The van der Waals surface area contributed by atoms with Gasteiger partial charge >= 0.3 is 0 Å². The zero-order chi connectivity index (χ0) is 18.2. The molecule has 0 bridgehead atoms. The Balaban J connectivity index is 2.25. The number of benzene rings is 1. The molecule has 3 N–H and O–H groups in total. The smallest absolute Gasteiger partial charge is 0.139 e. The molecule has 0 saturated carbocycles. The van der Waals surface area contributed by atoms with E-state index < -0.39 is 0 Å². The van der Waals surface area contributed by atoms with Crippen LogP contribution in [0.4, 0.5) is 5.69 Å². The summed E-state index contributed by atoms with van der Waals surface area (Å²) >= 11 is 0. The molecule has 1 fully saturated rings. The zero-order valence-corrected chi connectivity index (χ0v) is 15.5. The van der Waals surface area contributed by atoms with Gasteiger partial charge in [0.1, 0.15) is 11.6 Å². The molecule has 1 heterocycles. The van der Waals surface area contributed by atoms with Gasteiger partial charge in [0.05, 0.1) is 11.4 Å². The van der Waals surface area contributed by atoms with Crippen LogP contribution >= 0.6 is 0 Å². The van der Waals surface area contributed by atoms with E-state index >= 15 is 0 Å². The molecule has 1 aromatic rings. The van der Waals surface area contributed by atoms with E-state index in [-0.39, 0.29) is 5.41 Å². The summed E-state index contributed by atoms with van der Waals surface area (Å²) in [6.45, 7) is 10.1. The number of aliphatic imine (C=N–C) groups is 2. The molecule has 5 heteroatoms. The lowest BCUT2D eigenvalue weighted by Crippen LogP contribution is -2.35. The molecule has 1 aliphatic carbocycles. The second-order valence-corrected chi connectivity index (χ2v) is 7.56. The molecule has 1 saturated heterocycles. The summed E-state index contributed by atoms with van der Waals surface area (Å²) in [6, 6.07) is 3.70. The van der Waals surface area contributed by atoms with E-state index in [0.29, 0.717) is 11.6 Å². The van der Waals surface area contributed by atoms with Crippen molar-refractivity contribution in [1.82, 2.24) is 0 Å². The van der Waals surface area contributed by atoms with Crippen LogP contribution in [0.5, 0.6) is 5.75 Å². The van der Waals surface area contributed by atoms with Crippen molar-refractivity contribution < 1.29 is 5.11 Å². The number of nitrogens with zero attached hydrogens (tertiary/aromatic N) is 3. The van der Waals surface area contributed by atoms with Crippen LogP contribution in [0.1, 0.15) is 44.2 Å². The van der Waals surface area contributed by atoms with Crippen LogP contribution in [0.3, 0.4) is 0 Å². The first-order chi connectivity index (χ1) is 11.9. The Bertz CT molecular complexity index is 755. The monoisotopic (exact) mass is 340 g/mol. The summed E-state index contributed by atoms with van der Waals surface area (Å²) in [5.41, 5.74) is 10.8. The predicted octanol–water partition coefficient (Wildman–Crippen LogP) is 3.36. The number of phenols is 1. The lowest BCUT2D eigenvalue weighted by molar-refractivity contribution is 0.444. The first kappa shape index (κ1) is 17.5. The van der Waals surface area contributed by atoms with Gasteiger partial charge in [0.2, 0.25) is 0 Å². The van der Waals surface area contributed by atoms with Gasteiger partial charge in [-0.2, -0.15) is 0 Å². The van der Waals surface area contributed by atoms with Crippen molar-refractivity contribution in [3.8, 4) is 5.75 Å². The van der Waals surface area contributed by atoms with Crippen molar-refractivity contribution in [2.24, 2.45) is 21.1 Å². The Hall–Kier alpha value is -2.30. The Kier molecular flexibility index (Phi) is 4.58. The van der Waals surface area contributed by atoms with Gasteiger partial charge < -0.3 is 15.7 Å². The van der Waals surface area contributed by atoms with E-state index in [0.717, 1.165) is 60.4 Å². The van der Waals surface area contributed by atoms with E-state index in [9.17, 15) is 5.11 Å². The number of phenolic OH excluding ortho intramolecular Hbond substituents is 1. The van der Waals surface area contributed by atoms with Gasteiger partial charge in [-0.05, 0) is 55.5 Å². The molecular weight excluding hydrogens is 312 g/mol. The Morgan fingerprint density at radius 1 is 1.24 bits per heavy atom. The lowest BCUT2D eigenvalue weighted by atomic mass is 9.70. The molecule has 0 radical (unpaired) electrons. The topological polar surface area (TPSA) is 74.2 Å². The molecule has 3 rings (SSSR count). The highest BCUT2D eigenvalue weighted by atomic mass is 16.3. The molecule has 0 unspecified atom stereocenters. The van der Waals surface area contributed by atoms with Crippen LogP contribution in [-0.4, -0.2) is 37.8 Å². The van der Waals surface area contributed by atoms with Crippen molar-refractivity contribution >= 4 is 23.9 Å². The third-order valence-electron chi connectivity index (χ3n) is 5.38. The van der Waals surface area contributed by atoms with Gasteiger partial charge in [-0.1, -0.05) is 13.8 Å². The van der Waals surface area contributed by atoms with Crippen molar-refractivity contribution in [2.75, 3.05) is 25.0 Å². The number of piperidine rings is 1. The number of fused-ring (bicyclic) bond motifs is 1. The SMILES string of the molecule is C=NC1=C(C(N)=NC)C(C)(C)Cc2c1ccc(O)c2N1CCCCC1. The van der Waals surface area contributed by atoms with Gasteiger partial charge in [0, 0.05) is 31.3 Å². The summed E-state index contributed by atoms with van der Waals surface area (Å²) in [5, 5.41) is 10.6. The molecule has 134 valence electrons. The maximum Gasteiger partial charge on any atom is 0.139 e. The van der Waals surface area contributed by atoms with Crippen LogP contribution in [0.25, 0.3) is 5.70 Å². The van der Waals surface area contributed by atoms with E-state index in [1.54, 1.807) is 13.1 Å². The highest BCUT2D eigenvalue weighted by molar-refractivity contribution is 6.06. The molecule has 2 aliphatic rings. The molecule has 0 atom stereocenters. The molecular formula is C20H28N4O. The van der Waals surface area contributed by atoms with Gasteiger partial charge in [-0.3, -0.25) is 9.98 Å². The highest BCUT2D eigenvalue weighted by Crippen LogP contribution is 2.48. The molecule has 0 aromatic heterocycles. The quantitative estimate of drug-likeness (QED) is 0.654. The number of rotatable bonds is 3. The van der Waals surface area contributed by atoms with Crippen molar-refractivity contribution in [2.45, 2.75) is 39.5 Å². The van der Waals surface area contributed by atoms with Crippen LogP contribution in [0.15, 0.2) is 27.7 Å². The standard InChI is InChI=1S/C20H28N4O/c1-20(2)12-14-13(17(22-3)16(20)19(21)23-4)8-9-15(25)18(14)24-10-6-5-7-11-24/h8-9,25H,3,5-7,10-12H2,1-2,4H3,(H2,21,23). The van der Waals surface area contributed by atoms with Crippen molar-refractivity contribution in [3.63, 3.8) is 0 Å². The number of hydrogen-bond donors (Lipinski definition) is 2. The Morgan fingerprint density at radius 2 is 1.92 bits per heavy atom. The summed E-state index contributed by atoms with van der Waals surface area (Å²) in [5.74, 6) is 0.853. The summed E-state index contributed by atoms with van der Waals surface area (Å²) in [7, 11) is 1.70. The predicted molar refractivity (Wildman–Crippen MR) is 106 cm³/mol. The molecule has 0 amide bonds. The second kappa shape index (κ2) is 6.54. The first-order valence-electron chi connectivity index (χ1n) is 8.95. The van der Waals surface area contributed by atoms with Gasteiger partial charge in [-0.15, -0.1) is 0 Å². The molecule has 0 spiro atoms. The Morgan fingerprint density at radius 3 is 2.52 bits per heavy atom. The molecule has 1 aliphatic heterocycles. The van der Waals surface area contributed by atoms with Crippen molar-refractivity contribution in [1.29, 1.82) is 0 Å². The number of anilines is 1. The molecule has 25 heavy (non-hydrogen) atoms. The average Bonchev–Trinajstić information content (AvgIpc) is 2.59. The summed E-state index contributed by atoms with van der Waals surface area (Å²) < 4.78 is 0. The van der Waals surface area contributed by atoms with Crippen LogP contribution in [-0.2, 0) is 6.42 Å². The van der Waals surface area contributed by atoms with E-state index in [2.05, 4.69) is 35.4 Å². The first-order valence-corrected chi connectivity index (χ1v) is 8.95. The minimum atomic E-state index is -0.231. The fraction of sp³-hybridized carbons (Fsp3) is 0.500. The Labute approximate surface area is 150 Å². The largest absolute Gasteiger partial charge is 0.506 e. The van der Waals surface area contributed by atoms with E-state index in [4.69, 9.17) is 5.73 Å². The number of nitrogens with two attached hydrogens (primary N) is 1. The minimum Gasteiger partial charge on any atom is -0.506 e. The molecule has 5 nitrogen and oxygen atoms in total. The summed E-state index contributed by atoms with van der Waals surface area (Å²) in [6.07, 6.45) is 4.36. The number of aromatic hydroxyl groups is 1. The maximum absolute atomic E-state index is 10.6. The summed E-state index contributed by atoms with van der Waals surface area (Å²) in [4.78, 5) is 10.8. The van der Waals surface area contributed by atoms with Crippen molar-refractivity contribution in [3.05, 3.63) is 28.8 Å². The van der Waals surface area contributed by atoms with Crippen LogP contribution < -0.4 is 10.6 Å².